The molecule has 1 amide bonds. The highest BCUT2D eigenvalue weighted by atomic mass is 32.2. The summed E-state index contributed by atoms with van der Waals surface area (Å²) in [7, 11) is -0.934. The van der Waals surface area contributed by atoms with Gasteiger partial charge in [-0.15, -0.1) is 0 Å². The first-order valence-electron chi connectivity index (χ1n) is 9.27. The molecule has 5 nitrogen and oxygen atoms in total. The minimum absolute atomic E-state index is 0.0737. The van der Waals surface area contributed by atoms with E-state index in [1.165, 1.54) is 5.56 Å². The van der Waals surface area contributed by atoms with Crippen molar-refractivity contribution in [1.82, 2.24) is 4.90 Å². The highest BCUT2D eigenvalue weighted by Gasteiger charge is 2.35. The average molecular weight is 366 g/mol. The summed E-state index contributed by atoms with van der Waals surface area (Å²) in [5.41, 5.74) is 1.37. The van der Waals surface area contributed by atoms with Gasteiger partial charge in [-0.1, -0.05) is 30.3 Å². The predicted molar refractivity (Wildman–Crippen MR) is 98.3 cm³/mol. The van der Waals surface area contributed by atoms with Crippen LogP contribution < -0.4 is 4.90 Å². The summed E-state index contributed by atoms with van der Waals surface area (Å²) in [6, 6.07) is 10.6. The third kappa shape index (κ3) is 5.05. The van der Waals surface area contributed by atoms with E-state index < -0.39 is 9.84 Å². The lowest BCUT2D eigenvalue weighted by molar-refractivity contribution is -0.894. The van der Waals surface area contributed by atoms with Crippen LogP contribution >= 0.6 is 0 Å². The lowest BCUT2D eigenvalue weighted by Crippen LogP contribution is -3.14. The van der Waals surface area contributed by atoms with Crippen LogP contribution in [0.3, 0.4) is 0 Å². The molecular weight excluding hydrogens is 336 g/mol. The Morgan fingerprint density at radius 1 is 1.16 bits per heavy atom. The molecule has 0 aliphatic carbocycles. The fraction of sp³-hybridized carbons (Fsp3) is 0.632. The van der Waals surface area contributed by atoms with Crippen LogP contribution in [0, 0.1) is 5.92 Å². The Kier molecular flexibility index (Phi) is 5.79. The molecule has 3 rings (SSSR count). The Bertz CT molecular complexity index is 682. The number of quaternary nitrogens is 1. The lowest BCUT2D eigenvalue weighted by Gasteiger charge is -2.33. The van der Waals surface area contributed by atoms with Gasteiger partial charge in [0.15, 0.2) is 16.4 Å². The molecule has 2 fully saturated rings. The molecule has 2 atom stereocenters. The zero-order chi connectivity index (χ0) is 17.9. The second-order valence-corrected chi connectivity index (χ2v) is 9.87. The van der Waals surface area contributed by atoms with Crippen LogP contribution in [0.4, 0.5) is 0 Å². The van der Waals surface area contributed by atoms with Gasteiger partial charge in [0, 0.05) is 19.5 Å². The summed E-state index contributed by atoms with van der Waals surface area (Å²) in [5.74, 6) is 1.32. The Labute approximate surface area is 150 Å². The number of sulfone groups is 1. The normalized spacial score (nSPS) is 25.0. The maximum absolute atomic E-state index is 12.5. The summed E-state index contributed by atoms with van der Waals surface area (Å²) in [6.45, 7) is 2.06. The number of amides is 1. The van der Waals surface area contributed by atoms with Crippen molar-refractivity contribution in [3.05, 3.63) is 35.9 Å². The van der Waals surface area contributed by atoms with E-state index >= 15 is 0 Å². The van der Waals surface area contributed by atoms with E-state index in [9.17, 15) is 13.2 Å². The number of hydrogen-bond acceptors (Lipinski definition) is 3. The van der Waals surface area contributed by atoms with E-state index in [1.54, 1.807) is 0 Å². The second kappa shape index (κ2) is 7.87. The van der Waals surface area contributed by atoms with Crippen molar-refractivity contribution < 1.29 is 18.1 Å². The van der Waals surface area contributed by atoms with Gasteiger partial charge in [0.25, 0.3) is 5.91 Å². The van der Waals surface area contributed by atoms with Crippen molar-refractivity contribution in [1.29, 1.82) is 0 Å². The molecule has 1 aromatic rings. The van der Waals surface area contributed by atoms with Gasteiger partial charge in [0.1, 0.15) is 11.8 Å². The monoisotopic (exact) mass is 365 g/mol. The lowest BCUT2D eigenvalue weighted by atomic mass is 9.90. The number of likely N-dealkylation sites (tertiary alicyclic amines) is 1. The summed E-state index contributed by atoms with van der Waals surface area (Å²) in [6.07, 6.45) is 3.88. The minimum atomic E-state index is -2.88. The highest BCUT2D eigenvalue weighted by Crippen LogP contribution is 2.21. The van der Waals surface area contributed by atoms with Gasteiger partial charge in [-0.2, -0.15) is 0 Å². The van der Waals surface area contributed by atoms with Gasteiger partial charge in [0.2, 0.25) is 0 Å². The van der Waals surface area contributed by atoms with Crippen molar-refractivity contribution in [2.75, 3.05) is 38.2 Å². The third-order valence-electron chi connectivity index (χ3n) is 5.69. The van der Waals surface area contributed by atoms with Crippen LogP contribution in [-0.2, 0) is 21.1 Å². The molecule has 0 spiro atoms. The molecule has 2 heterocycles. The maximum Gasteiger partial charge on any atom is 0.277 e. The highest BCUT2D eigenvalue weighted by molar-refractivity contribution is 7.91. The molecule has 2 aliphatic heterocycles. The summed E-state index contributed by atoms with van der Waals surface area (Å²) < 4.78 is 23.2. The maximum atomic E-state index is 12.5. The molecule has 0 radical (unpaired) electrons. The molecule has 1 unspecified atom stereocenters. The van der Waals surface area contributed by atoms with Crippen LogP contribution in [0.15, 0.2) is 30.3 Å². The van der Waals surface area contributed by atoms with E-state index in [4.69, 9.17) is 0 Å². The Morgan fingerprint density at radius 3 is 2.44 bits per heavy atom. The van der Waals surface area contributed by atoms with Gasteiger partial charge < -0.3 is 9.80 Å². The van der Waals surface area contributed by atoms with Crippen molar-refractivity contribution in [3.8, 4) is 0 Å². The van der Waals surface area contributed by atoms with Crippen LogP contribution in [0.2, 0.25) is 0 Å². The Hall–Kier alpha value is -1.40. The van der Waals surface area contributed by atoms with Gasteiger partial charge in [-0.3, -0.25) is 4.79 Å². The van der Waals surface area contributed by atoms with Crippen LogP contribution in [0.5, 0.6) is 0 Å². The number of hydrogen-bond donors (Lipinski definition) is 1. The van der Waals surface area contributed by atoms with Gasteiger partial charge >= 0.3 is 0 Å². The quantitative estimate of drug-likeness (QED) is 0.809. The van der Waals surface area contributed by atoms with E-state index in [0.717, 1.165) is 37.3 Å². The van der Waals surface area contributed by atoms with Crippen molar-refractivity contribution in [3.63, 3.8) is 0 Å². The molecule has 138 valence electrons. The topological polar surface area (TPSA) is 58.9 Å². The first-order chi connectivity index (χ1) is 11.9. The fourth-order valence-corrected chi connectivity index (χ4v) is 5.89. The number of rotatable bonds is 5. The molecule has 0 saturated carbocycles. The van der Waals surface area contributed by atoms with E-state index in [2.05, 4.69) is 24.3 Å². The molecule has 0 bridgehead atoms. The van der Waals surface area contributed by atoms with Crippen molar-refractivity contribution in [2.45, 2.75) is 31.7 Å². The SMILES string of the molecule is C[NH+](CC(=O)N1CCC(Cc2ccccc2)CC1)[C@H]1CCS(=O)(=O)C1. The molecule has 2 aliphatic rings. The zero-order valence-corrected chi connectivity index (χ0v) is 15.8. The minimum Gasteiger partial charge on any atom is -0.338 e. The van der Waals surface area contributed by atoms with Crippen LogP contribution in [-0.4, -0.2) is 63.5 Å². The molecular formula is C19H29N2O3S+. The molecule has 2 saturated heterocycles. The number of nitrogens with one attached hydrogen (secondary N) is 1. The predicted octanol–water partition coefficient (Wildman–Crippen LogP) is 0.170. The fourth-order valence-electron chi connectivity index (χ4n) is 4.01. The first-order valence-corrected chi connectivity index (χ1v) is 11.1. The van der Waals surface area contributed by atoms with E-state index in [1.807, 2.05) is 18.0 Å². The summed E-state index contributed by atoms with van der Waals surface area (Å²) in [5, 5.41) is 0. The zero-order valence-electron chi connectivity index (χ0n) is 15.0. The molecule has 0 aromatic heterocycles. The Balaban J connectivity index is 1.44. The van der Waals surface area contributed by atoms with E-state index in [-0.39, 0.29) is 23.5 Å². The molecule has 25 heavy (non-hydrogen) atoms. The molecule has 1 aromatic carbocycles. The number of benzene rings is 1. The second-order valence-electron chi connectivity index (χ2n) is 7.64. The number of carbonyl (C=O) groups is 1. The first kappa shape index (κ1) is 18.4. The third-order valence-corrected chi connectivity index (χ3v) is 7.46. The van der Waals surface area contributed by atoms with Crippen molar-refractivity contribution >= 4 is 15.7 Å². The van der Waals surface area contributed by atoms with Gasteiger partial charge in [-0.05, 0) is 30.7 Å². The van der Waals surface area contributed by atoms with Crippen molar-refractivity contribution in [2.24, 2.45) is 5.92 Å². The standard InChI is InChI=1S/C19H28N2O3S/c1-20(18-9-12-25(23,24)15-18)14-19(22)21-10-7-17(8-11-21)13-16-5-3-2-4-6-16/h2-6,17-18H,7-15H2,1H3/p+1/t18-/m0/s1. The molecule has 6 heteroatoms. The number of carbonyl (C=O) groups excluding carboxylic acids is 1. The number of piperidine rings is 1. The van der Waals surface area contributed by atoms with Crippen LogP contribution in [0.1, 0.15) is 24.8 Å². The number of nitrogens with zero attached hydrogens (tertiary/aromatic N) is 1. The van der Waals surface area contributed by atoms with Crippen LogP contribution in [0.25, 0.3) is 0 Å². The number of likely N-dealkylation sites (N-methyl/N-ethyl adjacent to an activating group) is 1. The smallest absolute Gasteiger partial charge is 0.277 e. The van der Waals surface area contributed by atoms with Gasteiger partial charge in [0.05, 0.1) is 12.8 Å². The molecule has 1 N–H and O–H groups in total. The summed E-state index contributed by atoms with van der Waals surface area (Å²) in [4.78, 5) is 15.6. The Morgan fingerprint density at radius 2 is 1.84 bits per heavy atom. The van der Waals surface area contributed by atoms with Gasteiger partial charge in [-0.25, -0.2) is 8.42 Å². The summed E-state index contributed by atoms with van der Waals surface area (Å²) >= 11 is 0. The largest absolute Gasteiger partial charge is 0.338 e. The average Bonchev–Trinajstić information content (AvgIpc) is 2.96. The van der Waals surface area contributed by atoms with E-state index in [0.29, 0.717) is 18.9 Å².